The highest BCUT2D eigenvalue weighted by Gasteiger charge is 2.39. The number of anilines is 2. The molecule has 1 atom stereocenters. The van der Waals surface area contributed by atoms with E-state index in [9.17, 15) is 14.9 Å². The highest BCUT2D eigenvalue weighted by atomic mass is 32.1. The smallest absolute Gasteiger partial charge is 0.324 e. The quantitative estimate of drug-likeness (QED) is 0.517. The Labute approximate surface area is 167 Å². The summed E-state index contributed by atoms with van der Waals surface area (Å²) in [5.41, 5.74) is 5.65. The second-order valence-corrected chi connectivity index (χ2v) is 9.54. The van der Waals surface area contributed by atoms with E-state index in [1.54, 1.807) is 6.07 Å². The van der Waals surface area contributed by atoms with Gasteiger partial charge in [-0.3, -0.25) is 14.9 Å². The van der Waals surface area contributed by atoms with E-state index in [4.69, 9.17) is 0 Å². The minimum absolute atomic E-state index is 0.0834. The summed E-state index contributed by atoms with van der Waals surface area (Å²) in [6.45, 7) is 8.31. The van der Waals surface area contributed by atoms with E-state index in [1.807, 2.05) is 0 Å². The van der Waals surface area contributed by atoms with Crippen molar-refractivity contribution in [1.82, 2.24) is 0 Å². The zero-order valence-electron chi connectivity index (χ0n) is 16.4. The minimum Gasteiger partial charge on any atom is -0.372 e. The second kappa shape index (κ2) is 6.44. The average Bonchev–Trinajstić information content (AvgIpc) is 3.01. The number of nitro groups is 1. The first kappa shape index (κ1) is 18.7. The zero-order valence-corrected chi connectivity index (χ0v) is 17.2. The molecule has 0 saturated heterocycles. The molecule has 0 spiro atoms. The molecular formula is C21H23N3O3S. The predicted octanol–water partition coefficient (Wildman–Crippen LogP) is 5.50. The van der Waals surface area contributed by atoms with E-state index < -0.39 is 6.04 Å². The van der Waals surface area contributed by atoms with Crippen LogP contribution >= 0.6 is 11.3 Å². The molecule has 0 saturated carbocycles. The van der Waals surface area contributed by atoms with Crippen molar-refractivity contribution >= 4 is 33.5 Å². The normalized spacial score (nSPS) is 20.6. The van der Waals surface area contributed by atoms with Gasteiger partial charge in [0, 0.05) is 28.6 Å². The summed E-state index contributed by atoms with van der Waals surface area (Å²) in [5, 5.41) is 18.3. The van der Waals surface area contributed by atoms with E-state index in [0.717, 1.165) is 45.3 Å². The number of nitrogens with one attached hydrogen (secondary N) is 2. The third-order valence-corrected chi connectivity index (χ3v) is 6.61. The van der Waals surface area contributed by atoms with Crippen molar-refractivity contribution in [3.8, 4) is 0 Å². The van der Waals surface area contributed by atoms with E-state index in [0.29, 0.717) is 12.0 Å². The summed E-state index contributed by atoms with van der Waals surface area (Å²) in [4.78, 5) is 24.7. The summed E-state index contributed by atoms with van der Waals surface area (Å²) in [6.07, 6.45) is 1.22. The number of Topliss-reactive ketones (excluding diaryl/α,β-unsaturated/α-hetero) is 1. The Morgan fingerprint density at radius 2 is 1.82 bits per heavy atom. The summed E-state index contributed by atoms with van der Waals surface area (Å²) in [6, 6.07) is 7.03. The maximum Gasteiger partial charge on any atom is 0.324 e. The molecule has 2 aliphatic rings. The Bertz CT molecular complexity index is 1040. The molecule has 1 aromatic carbocycles. The molecule has 0 bridgehead atoms. The van der Waals surface area contributed by atoms with Crippen LogP contribution in [0.25, 0.3) is 0 Å². The Morgan fingerprint density at radius 3 is 2.46 bits per heavy atom. The first-order valence-corrected chi connectivity index (χ1v) is 10.1. The number of ketones is 1. The van der Waals surface area contributed by atoms with Gasteiger partial charge in [-0.2, -0.15) is 0 Å². The number of nitrogens with zero attached hydrogens (tertiary/aromatic N) is 1. The fourth-order valence-electron chi connectivity index (χ4n) is 4.02. The SMILES string of the molecule is Cc1cc2c(cc1C)N[C@H](c1ccc([N+](=O)[O-])s1)C1=C(CC(C)(C)CC1=O)N2. The molecule has 6 nitrogen and oxygen atoms in total. The van der Waals surface area contributed by atoms with Gasteiger partial charge in [0.1, 0.15) is 0 Å². The van der Waals surface area contributed by atoms with E-state index in [1.165, 1.54) is 11.6 Å². The first-order valence-electron chi connectivity index (χ1n) is 9.30. The van der Waals surface area contributed by atoms with Crippen LogP contribution in [-0.4, -0.2) is 10.7 Å². The summed E-state index contributed by atoms with van der Waals surface area (Å²) in [7, 11) is 0. The molecule has 1 aliphatic heterocycles. The van der Waals surface area contributed by atoms with Crippen LogP contribution in [0.3, 0.4) is 0 Å². The number of hydrogen-bond donors (Lipinski definition) is 2. The molecular weight excluding hydrogens is 374 g/mol. The van der Waals surface area contributed by atoms with Gasteiger partial charge in [-0.05, 0) is 55.0 Å². The molecule has 2 aromatic rings. The molecule has 7 heteroatoms. The number of carbonyl (C=O) groups excluding carboxylic acids is 1. The molecule has 0 amide bonds. The average molecular weight is 398 g/mol. The zero-order chi connectivity index (χ0) is 20.2. The van der Waals surface area contributed by atoms with Crippen molar-refractivity contribution in [2.75, 3.05) is 10.6 Å². The fraction of sp³-hybridized carbons (Fsp3) is 0.381. The van der Waals surface area contributed by atoms with Crippen LogP contribution in [0.4, 0.5) is 16.4 Å². The van der Waals surface area contributed by atoms with Gasteiger partial charge in [0.05, 0.1) is 22.3 Å². The lowest BCUT2D eigenvalue weighted by atomic mass is 9.74. The van der Waals surface area contributed by atoms with Crippen LogP contribution in [0.1, 0.15) is 48.7 Å². The van der Waals surface area contributed by atoms with Gasteiger partial charge in [0.15, 0.2) is 5.78 Å². The molecule has 1 aromatic heterocycles. The van der Waals surface area contributed by atoms with Gasteiger partial charge in [-0.25, -0.2) is 0 Å². The van der Waals surface area contributed by atoms with Gasteiger partial charge >= 0.3 is 5.00 Å². The summed E-state index contributed by atoms with van der Waals surface area (Å²) < 4.78 is 0. The van der Waals surface area contributed by atoms with Crippen LogP contribution in [0.5, 0.6) is 0 Å². The van der Waals surface area contributed by atoms with Crippen molar-refractivity contribution in [1.29, 1.82) is 0 Å². The second-order valence-electron chi connectivity index (χ2n) is 8.45. The lowest BCUT2D eigenvalue weighted by Crippen LogP contribution is -2.31. The molecule has 1 aliphatic carbocycles. The van der Waals surface area contributed by atoms with Crippen molar-refractivity contribution in [2.45, 2.75) is 46.6 Å². The van der Waals surface area contributed by atoms with Gasteiger partial charge in [-0.15, -0.1) is 0 Å². The minimum atomic E-state index is -0.395. The summed E-state index contributed by atoms with van der Waals surface area (Å²) >= 11 is 1.12. The van der Waals surface area contributed by atoms with Crippen LogP contribution < -0.4 is 10.6 Å². The van der Waals surface area contributed by atoms with E-state index in [-0.39, 0.29) is 21.1 Å². The first-order chi connectivity index (χ1) is 13.1. The van der Waals surface area contributed by atoms with Gasteiger partial charge in [-0.1, -0.05) is 25.2 Å². The number of rotatable bonds is 2. The largest absolute Gasteiger partial charge is 0.372 e. The third kappa shape index (κ3) is 3.20. The molecule has 2 heterocycles. The molecule has 0 unspecified atom stereocenters. The fourth-order valence-corrected chi connectivity index (χ4v) is 4.90. The topological polar surface area (TPSA) is 84.3 Å². The van der Waals surface area contributed by atoms with E-state index in [2.05, 4.69) is 50.5 Å². The molecule has 146 valence electrons. The highest BCUT2D eigenvalue weighted by Crippen LogP contribution is 2.47. The monoisotopic (exact) mass is 397 g/mol. The number of aryl methyl sites for hydroxylation is 2. The molecule has 4 rings (SSSR count). The third-order valence-electron chi connectivity index (χ3n) is 5.50. The predicted molar refractivity (Wildman–Crippen MR) is 112 cm³/mol. The Hall–Kier alpha value is -2.67. The maximum absolute atomic E-state index is 13.1. The van der Waals surface area contributed by atoms with Crippen molar-refractivity contribution in [3.63, 3.8) is 0 Å². The van der Waals surface area contributed by atoms with E-state index >= 15 is 0 Å². The van der Waals surface area contributed by atoms with Crippen molar-refractivity contribution in [2.24, 2.45) is 5.41 Å². The Morgan fingerprint density at radius 1 is 1.14 bits per heavy atom. The van der Waals surface area contributed by atoms with Crippen LogP contribution in [0.2, 0.25) is 0 Å². The van der Waals surface area contributed by atoms with Crippen molar-refractivity contribution < 1.29 is 9.72 Å². The maximum atomic E-state index is 13.1. The van der Waals surface area contributed by atoms with Crippen LogP contribution in [0.15, 0.2) is 35.5 Å². The van der Waals surface area contributed by atoms with Gasteiger partial charge < -0.3 is 10.6 Å². The molecule has 0 fully saturated rings. The molecule has 28 heavy (non-hydrogen) atoms. The number of carbonyl (C=O) groups is 1. The Balaban J connectivity index is 1.89. The lowest BCUT2D eigenvalue weighted by Gasteiger charge is -2.33. The summed E-state index contributed by atoms with van der Waals surface area (Å²) in [5.74, 6) is 0.0913. The highest BCUT2D eigenvalue weighted by molar-refractivity contribution is 7.15. The van der Waals surface area contributed by atoms with Crippen molar-refractivity contribution in [3.05, 3.63) is 61.7 Å². The van der Waals surface area contributed by atoms with Gasteiger partial charge in [0.2, 0.25) is 0 Å². The molecule has 0 radical (unpaired) electrons. The van der Waals surface area contributed by atoms with Crippen LogP contribution in [-0.2, 0) is 4.79 Å². The molecule has 2 N–H and O–H groups in total. The number of benzene rings is 1. The number of thiophene rings is 1. The van der Waals surface area contributed by atoms with Crippen LogP contribution in [0, 0.1) is 29.4 Å². The number of fused-ring (bicyclic) bond motifs is 1. The number of allylic oxidation sites excluding steroid dienone is 1. The number of hydrogen-bond acceptors (Lipinski definition) is 6. The van der Waals surface area contributed by atoms with Gasteiger partial charge in [0.25, 0.3) is 0 Å². The Kier molecular flexibility index (Phi) is 4.30. The lowest BCUT2D eigenvalue weighted by molar-refractivity contribution is -0.380. The standard InChI is InChI=1S/C21H23N3O3S/c1-11-7-13-14(8-12(11)2)23-20(17-5-6-18(28-17)24(26)27)19-15(22-13)9-21(3,4)10-16(19)25/h5-8,20,22-23H,9-10H2,1-4H3/t20-/m1/s1.